The number of allylic oxidation sites excluding steroid dienone is 1. The summed E-state index contributed by atoms with van der Waals surface area (Å²) in [6.07, 6.45) is 7.73. The quantitative estimate of drug-likeness (QED) is 0.781. The Kier molecular flexibility index (Phi) is 4.42. The van der Waals surface area contributed by atoms with Crippen molar-refractivity contribution in [2.75, 3.05) is 13.2 Å². The Morgan fingerprint density at radius 1 is 1.41 bits per heavy atom. The lowest BCUT2D eigenvalue weighted by Crippen LogP contribution is -2.39. The molecule has 0 bridgehead atoms. The molecule has 1 aliphatic carbocycles. The van der Waals surface area contributed by atoms with Crippen LogP contribution in [0.4, 0.5) is 0 Å². The van der Waals surface area contributed by atoms with E-state index in [1.54, 1.807) is 0 Å². The van der Waals surface area contributed by atoms with Gasteiger partial charge in [-0.2, -0.15) is 0 Å². The van der Waals surface area contributed by atoms with Crippen LogP contribution in [0.2, 0.25) is 0 Å². The van der Waals surface area contributed by atoms with E-state index in [4.69, 9.17) is 9.84 Å². The summed E-state index contributed by atoms with van der Waals surface area (Å²) in [5, 5.41) is 12.1. The second-order valence-corrected chi connectivity index (χ2v) is 4.93. The van der Waals surface area contributed by atoms with Gasteiger partial charge in [-0.25, -0.2) is 0 Å². The van der Waals surface area contributed by atoms with E-state index in [2.05, 4.69) is 5.32 Å². The van der Waals surface area contributed by atoms with E-state index in [1.807, 2.05) is 6.08 Å². The van der Waals surface area contributed by atoms with Gasteiger partial charge in [-0.05, 0) is 50.5 Å². The maximum atomic E-state index is 11.9. The monoisotopic (exact) mass is 239 g/mol. The molecule has 4 heteroatoms. The van der Waals surface area contributed by atoms with Crippen molar-refractivity contribution in [3.63, 3.8) is 0 Å². The molecule has 0 aromatic carbocycles. The fraction of sp³-hybridized carbons (Fsp3) is 0.769. The Morgan fingerprint density at radius 3 is 2.76 bits per heavy atom. The predicted octanol–water partition coefficient (Wildman–Crippen LogP) is 1.35. The fourth-order valence-electron chi connectivity index (χ4n) is 2.46. The van der Waals surface area contributed by atoms with Crippen LogP contribution in [-0.4, -0.2) is 30.3 Å². The standard InChI is InChI=1S/C13H21NO3/c15-9-10-4-6-11(7-5-10)14-13(16)12-3-1-2-8-17-12/h3,10-11,15H,1-2,4-9H2,(H,14,16). The summed E-state index contributed by atoms with van der Waals surface area (Å²) in [7, 11) is 0. The molecule has 0 atom stereocenters. The number of carbonyl (C=O) groups is 1. The van der Waals surface area contributed by atoms with Gasteiger partial charge in [-0.15, -0.1) is 0 Å². The molecule has 1 aliphatic heterocycles. The van der Waals surface area contributed by atoms with E-state index >= 15 is 0 Å². The minimum Gasteiger partial charge on any atom is -0.488 e. The summed E-state index contributed by atoms with van der Waals surface area (Å²) < 4.78 is 5.33. The molecule has 1 fully saturated rings. The third-order valence-electron chi connectivity index (χ3n) is 3.60. The Hall–Kier alpha value is -1.03. The molecular formula is C13H21NO3. The number of hydrogen-bond acceptors (Lipinski definition) is 3. The molecule has 2 N–H and O–H groups in total. The van der Waals surface area contributed by atoms with Gasteiger partial charge >= 0.3 is 0 Å². The first-order valence-corrected chi connectivity index (χ1v) is 6.54. The van der Waals surface area contributed by atoms with Gasteiger partial charge < -0.3 is 15.2 Å². The third kappa shape index (κ3) is 3.46. The summed E-state index contributed by atoms with van der Waals surface area (Å²) in [5.41, 5.74) is 0. The number of nitrogens with one attached hydrogen (secondary N) is 1. The molecule has 1 saturated carbocycles. The number of aliphatic hydroxyl groups is 1. The van der Waals surface area contributed by atoms with Gasteiger partial charge in [0.1, 0.15) is 0 Å². The van der Waals surface area contributed by atoms with Gasteiger partial charge in [0.05, 0.1) is 6.61 Å². The van der Waals surface area contributed by atoms with Crippen LogP contribution < -0.4 is 5.32 Å². The lowest BCUT2D eigenvalue weighted by atomic mass is 9.86. The average Bonchev–Trinajstić information content (AvgIpc) is 2.40. The molecule has 2 rings (SSSR count). The SMILES string of the molecule is O=C(NC1CCC(CO)CC1)C1=CCCCO1. The Labute approximate surface area is 102 Å². The number of amides is 1. The van der Waals surface area contributed by atoms with Crippen molar-refractivity contribution in [1.29, 1.82) is 0 Å². The molecule has 0 unspecified atom stereocenters. The van der Waals surface area contributed by atoms with Crippen LogP contribution in [0.1, 0.15) is 38.5 Å². The molecular weight excluding hydrogens is 218 g/mol. The van der Waals surface area contributed by atoms with Crippen LogP contribution in [0.3, 0.4) is 0 Å². The number of hydrogen-bond donors (Lipinski definition) is 2. The lowest BCUT2D eigenvalue weighted by Gasteiger charge is -2.28. The molecule has 17 heavy (non-hydrogen) atoms. The summed E-state index contributed by atoms with van der Waals surface area (Å²) in [5.74, 6) is 0.839. The first-order valence-electron chi connectivity index (χ1n) is 6.54. The van der Waals surface area contributed by atoms with Gasteiger partial charge in [-0.1, -0.05) is 0 Å². The van der Waals surface area contributed by atoms with Crippen LogP contribution in [0.5, 0.6) is 0 Å². The van der Waals surface area contributed by atoms with Crippen molar-refractivity contribution in [2.24, 2.45) is 5.92 Å². The van der Waals surface area contributed by atoms with Crippen LogP contribution in [-0.2, 0) is 9.53 Å². The summed E-state index contributed by atoms with van der Waals surface area (Å²) in [6, 6.07) is 0.247. The van der Waals surface area contributed by atoms with Gasteiger partial charge in [0.25, 0.3) is 5.91 Å². The number of rotatable bonds is 3. The maximum absolute atomic E-state index is 11.9. The van der Waals surface area contributed by atoms with E-state index in [1.165, 1.54) is 0 Å². The number of carbonyl (C=O) groups excluding carboxylic acids is 1. The number of aliphatic hydroxyl groups excluding tert-OH is 1. The molecule has 1 amide bonds. The first-order chi connectivity index (χ1) is 8.29. The second kappa shape index (κ2) is 6.05. The van der Waals surface area contributed by atoms with Gasteiger partial charge in [-0.3, -0.25) is 4.79 Å². The molecule has 0 aromatic rings. The van der Waals surface area contributed by atoms with E-state index < -0.39 is 0 Å². The summed E-state index contributed by atoms with van der Waals surface area (Å²) in [4.78, 5) is 11.9. The predicted molar refractivity (Wildman–Crippen MR) is 64.2 cm³/mol. The zero-order valence-electron chi connectivity index (χ0n) is 10.2. The Morgan fingerprint density at radius 2 is 2.18 bits per heavy atom. The summed E-state index contributed by atoms with van der Waals surface area (Å²) >= 11 is 0. The number of ether oxygens (including phenoxy) is 1. The molecule has 96 valence electrons. The molecule has 1 heterocycles. The molecule has 0 aromatic heterocycles. The Bertz CT molecular complexity index is 293. The van der Waals surface area contributed by atoms with Gasteiger partial charge in [0, 0.05) is 12.6 Å². The van der Waals surface area contributed by atoms with Crippen molar-refractivity contribution in [3.05, 3.63) is 11.8 Å². The molecule has 0 spiro atoms. The summed E-state index contributed by atoms with van der Waals surface area (Å²) in [6.45, 7) is 0.922. The molecule has 0 radical (unpaired) electrons. The fourth-order valence-corrected chi connectivity index (χ4v) is 2.46. The van der Waals surface area contributed by atoms with Gasteiger partial charge in [0.2, 0.25) is 0 Å². The van der Waals surface area contributed by atoms with Crippen LogP contribution in [0.15, 0.2) is 11.8 Å². The van der Waals surface area contributed by atoms with Crippen LogP contribution in [0.25, 0.3) is 0 Å². The van der Waals surface area contributed by atoms with E-state index in [0.29, 0.717) is 18.3 Å². The minimum atomic E-state index is -0.0721. The van der Waals surface area contributed by atoms with E-state index in [9.17, 15) is 4.79 Å². The smallest absolute Gasteiger partial charge is 0.286 e. The van der Waals surface area contributed by atoms with Crippen molar-refractivity contribution in [3.8, 4) is 0 Å². The topological polar surface area (TPSA) is 58.6 Å². The van der Waals surface area contributed by atoms with Crippen molar-refractivity contribution in [1.82, 2.24) is 5.32 Å². The normalized spacial score (nSPS) is 29.1. The van der Waals surface area contributed by atoms with Crippen LogP contribution >= 0.6 is 0 Å². The highest BCUT2D eigenvalue weighted by atomic mass is 16.5. The average molecular weight is 239 g/mol. The second-order valence-electron chi connectivity index (χ2n) is 4.93. The zero-order valence-corrected chi connectivity index (χ0v) is 10.2. The minimum absolute atomic E-state index is 0.0721. The molecule has 2 aliphatic rings. The van der Waals surface area contributed by atoms with Crippen molar-refractivity contribution < 1.29 is 14.6 Å². The highest BCUT2D eigenvalue weighted by molar-refractivity contribution is 5.91. The van der Waals surface area contributed by atoms with E-state index in [0.717, 1.165) is 38.5 Å². The molecule has 4 nitrogen and oxygen atoms in total. The van der Waals surface area contributed by atoms with Gasteiger partial charge in [0.15, 0.2) is 5.76 Å². The van der Waals surface area contributed by atoms with Crippen molar-refractivity contribution >= 4 is 5.91 Å². The molecule has 0 saturated heterocycles. The largest absolute Gasteiger partial charge is 0.488 e. The van der Waals surface area contributed by atoms with Crippen LogP contribution in [0, 0.1) is 5.92 Å². The van der Waals surface area contributed by atoms with E-state index in [-0.39, 0.29) is 18.6 Å². The Balaban J connectivity index is 1.77. The third-order valence-corrected chi connectivity index (χ3v) is 3.60. The first kappa shape index (κ1) is 12.4. The highest BCUT2D eigenvalue weighted by Gasteiger charge is 2.23. The zero-order chi connectivity index (χ0) is 12.1. The highest BCUT2D eigenvalue weighted by Crippen LogP contribution is 2.24. The maximum Gasteiger partial charge on any atom is 0.286 e. The lowest BCUT2D eigenvalue weighted by molar-refractivity contribution is -0.122. The van der Waals surface area contributed by atoms with Crippen molar-refractivity contribution in [2.45, 2.75) is 44.6 Å².